The maximum atomic E-state index is 11.0. The predicted molar refractivity (Wildman–Crippen MR) is 117 cm³/mol. The van der Waals surface area contributed by atoms with Crippen LogP contribution in [-0.2, 0) is 6.61 Å². The van der Waals surface area contributed by atoms with Crippen molar-refractivity contribution in [3.05, 3.63) is 105 Å². The molecule has 0 aliphatic rings. The molecule has 0 unspecified atom stereocenters. The van der Waals surface area contributed by atoms with Crippen LogP contribution in [0.4, 0.5) is 5.69 Å². The first-order valence-corrected chi connectivity index (χ1v) is 9.53. The summed E-state index contributed by atoms with van der Waals surface area (Å²) >= 11 is 5.94. The van der Waals surface area contributed by atoms with Gasteiger partial charge in [0.05, 0.1) is 16.0 Å². The normalized spacial score (nSPS) is 11.1. The first-order valence-electron chi connectivity index (χ1n) is 9.15. The van der Waals surface area contributed by atoms with Gasteiger partial charge in [-0.2, -0.15) is 0 Å². The van der Waals surface area contributed by atoms with Gasteiger partial charge in [-0.3, -0.25) is 10.1 Å². The third-order valence-electron chi connectivity index (χ3n) is 4.37. The molecule has 7 heteroatoms. The van der Waals surface area contributed by atoms with Gasteiger partial charge in [-0.25, -0.2) is 9.97 Å². The Labute approximate surface area is 177 Å². The average Bonchev–Trinajstić information content (AvgIpc) is 2.77. The number of non-ortho nitro benzene ring substituents is 1. The van der Waals surface area contributed by atoms with E-state index < -0.39 is 4.92 Å². The lowest BCUT2D eigenvalue weighted by molar-refractivity contribution is -0.384. The Hall–Kier alpha value is -3.77. The van der Waals surface area contributed by atoms with Crippen LogP contribution in [0.15, 0.2) is 72.8 Å². The second-order valence-corrected chi connectivity index (χ2v) is 6.94. The highest BCUT2D eigenvalue weighted by atomic mass is 35.5. The Bertz CT molecular complexity index is 1240. The van der Waals surface area contributed by atoms with E-state index in [1.807, 2.05) is 36.4 Å². The van der Waals surface area contributed by atoms with Gasteiger partial charge in [0, 0.05) is 17.2 Å². The molecule has 0 saturated carbocycles. The van der Waals surface area contributed by atoms with Gasteiger partial charge in [-0.05, 0) is 41.5 Å². The molecule has 0 saturated heterocycles. The van der Waals surface area contributed by atoms with Crippen molar-refractivity contribution in [1.29, 1.82) is 0 Å². The fourth-order valence-electron chi connectivity index (χ4n) is 2.86. The van der Waals surface area contributed by atoms with Gasteiger partial charge in [-0.15, -0.1) is 0 Å². The minimum Gasteiger partial charge on any atom is -0.471 e. The van der Waals surface area contributed by atoms with Gasteiger partial charge in [0.15, 0.2) is 0 Å². The minimum atomic E-state index is -0.423. The number of nitro benzene ring substituents is 1. The fraction of sp³-hybridized carbons (Fsp3) is 0.0435. The standard InChI is InChI=1S/C23H16ClN3O3/c24-18-11-8-17(9-12-18)15-30-23-22(25-20-6-1-2-7-21(20)26-23)13-10-16-4-3-5-19(14-16)27(28)29/h1-14H,15H2/b13-10+. The summed E-state index contributed by atoms with van der Waals surface area (Å²) in [4.78, 5) is 19.8. The number of rotatable bonds is 6. The van der Waals surface area contributed by atoms with Crippen LogP contribution >= 0.6 is 11.6 Å². The predicted octanol–water partition coefficient (Wildman–Crippen LogP) is 5.94. The highest BCUT2D eigenvalue weighted by Gasteiger charge is 2.09. The second-order valence-electron chi connectivity index (χ2n) is 6.50. The summed E-state index contributed by atoms with van der Waals surface area (Å²) < 4.78 is 5.95. The molecule has 6 nitrogen and oxygen atoms in total. The van der Waals surface area contributed by atoms with E-state index in [-0.39, 0.29) is 5.69 Å². The Balaban J connectivity index is 1.66. The Morgan fingerprint density at radius 1 is 0.933 bits per heavy atom. The monoisotopic (exact) mass is 417 g/mol. The molecule has 0 aliphatic carbocycles. The van der Waals surface area contributed by atoms with Crippen LogP contribution in [0.1, 0.15) is 16.8 Å². The van der Waals surface area contributed by atoms with Gasteiger partial charge < -0.3 is 4.74 Å². The van der Waals surface area contributed by atoms with E-state index in [1.54, 1.807) is 36.4 Å². The van der Waals surface area contributed by atoms with Crippen LogP contribution in [0.5, 0.6) is 5.88 Å². The molecule has 3 aromatic carbocycles. The third-order valence-corrected chi connectivity index (χ3v) is 4.62. The summed E-state index contributed by atoms with van der Waals surface area (Å²) in [6.07, 6.45) is 3.50. The zero-order chi connectivity index (χ0) is 20.9. The molecule has 1 aromatic heterocycles. The van der Waals surface area contributed by atoms with Gasteiger partial charge in [-0.1, -0.05) is 54.1 Å². The van der Waals surface area contributed by atoms with Crippen molar-refractivity contribution in [3.63, 3.8) is 0 Å². The number of nitro groups is 1. The first-order chi connectivity index (χ1) is 14.6. The van der Waals surface area contributed by atoms with Crippen LogP contribution in [0.3, 0.4) is 0 Å². The Kier molecular flexibility index (Phi) is 5.68. The van der Waals surface area contributed by atoms with Crippen molar-refractivity contribution >= 4 is 40.5 Å². The van der Waals surface area contributed by atoms with E-state index in [0.717, 1.165) is 16.6 Å². The number of para-hydroxylation sites is 2. The number of benzene rings is 3. The van der Waals surface area contributed by atoms with Crippen molar-refractivity contribution in [2.24, 2.45) is 0 Å². The number of hydrogen-bond acceptors (Lipinski definition) is 5. The summed E-state index contributed by atoms with van der Waals surface area (Å²) in [6.45, 7) is 0.307. The molecule has 0 atom stereocenters. The fourth-order valence-corrected chi connectivity index (χ4v) is 2.99. The summed E-state index contributed by atoms with van der Waals surface area (Å²) in [5.41, 5.74) is 3.65. The van der Waals surface area contributed by atoms with Crippen molar-refractivity contribution in [2.75, 3.05) is 0 Å². The maximum absolute atomic E-state index is 11.0. The van der Waals surface area contributed by atoms with E-state index in [9.17, 15) is 10.1 Å². The van der Waals surface area contributed by atoms with E-state index in [4.69, 9.17) is 16.3 Å². The topological polar surface area (TPSA) is 78.2 Å². The largest absolute Gasteiger partial charge is 0.471 e. The molecule has 30 heavy (non-hydrogen) atoms. The highest BCUT2D eigenvalue weighted by molar-refractivity contribution is 6.30. The summed E-state index contributed by atoms with van der Waals surface area (Å²) in [6, 6.07) is 21.3. The van der Waals surface area contributed by atoms with Crippen LogP contribution in [0.2, 0.25) is 5.02 Å². The molecule has 0 N–H and O–H groups in total. The lowest BCUT2D eigenvalue weighted by Crippen LogP contribution is -2.01. The molecule has 0 radical (unpaired) electrons. The molecule has 0 spiro atoms. The first kappa shape index (κ1) is 19.5. The van der Waals surface area contributed by atoms with Crippen LogP contribution in [-0.4, -0.2) is 14.9 Å². The van der Waals surface area contributed by atoms with Crippen molar-refractivity contribution in [3.8, 4) is 5.88 Å². The smallest absolute Gasteiger partial charge is 0.270 e. The summed E-state index contributed by atoms with van der Waals surface area (Å²) in [7, 11) is 0. The number of halogens is 1. The zero-order valence-corrected chi connectivity index (χ0v) is 16.5. The molecule has 0 bridgehead atoms. The number of ether oxygens (including phenoxy) is 1. The Morgan fingerprint density at radius 3 is 2.40 bits per heavy atom. The SMILES string of the molecule is O=[N+]([O-])c1cccc(/C=C/c2nc3ccccc3nc2OCc2ccc(Cl)cc2)c1. The second kappa shape index (κ2) is 8.71. The number of hydrogen-bond donors (Lipinski definition) is 0. The number of fused-ring (bicyclic) bond motifs is 1. The van der Waals surface area contributed by atoms with Gasteiger partial charge in [0.1, 0.15) is 12.3 Å². The molecular formula is C23H16ClN3O3. The van der Waals surface area contributed by atoms with E-state index >= 15 is 0 Å². The van der Waals surface area contributed by atoms with E-state index in [0.29, 0.717) is 28.8 Å². The lowest BCUT2D eigenvalue weighted by atomic mass is 10.1. The average molecular weight is 418 g/mol. The van der Waals surface area contributed by atoms with Gasteiger partial charge in [0.25, 0.3) is 5.69 Å². The summed E-state index contributed by atoms with van der Waals surface area (Å²) in [5.74, 6) is 0.380. The van der Waals surface area contributed by atoms with E-state index in [1.165, 1.54) is 12.1 Å². The van der Waals surface area contributed by atoms with Crippen LogP contribution < -0.4 is 4.74 Å². The Morgan fingerprint density at radius 2 is 1.67 bits per heavy atom. The molecular weight excluding hydrogens is 402 g/mol. The minimum absolute atomic E-state index is 0.0287. The molecule has 4 rings (SSSR count). The molecule has 0 fully saturated rings. The lowest BCUT2D eigenvalue weighted by Gasteiger charge is -2.09. The molecule has 148 valence electrons. The molecule has 4 aromatic rings. The third kappa shape index (κ3) is 4.61. The molecule has 1 heterocycles. The van der Waals surface area contributed by atoms with Gasteiger partial charge >= 0.3 is 0 Å². The van der Waals surface area contributed by atoms with Crippen LogP contribution in [0.25, 0.3) is 23.2 Å². The quantitative estimate of drug-likeness (QED) is 0.286. The summed E-state index contributed by atoms with van der Waals surface area (Å²) in [5, 5.41) is 11.7. The highest BCUT2D eigenvalue weighted by Crippen LogP contribution is 2.23. The number of nitrogens with zero attached hydrogens (tertiary/aromatic N) is 3. The zero-order valence-electron chi connectivity index (χ0n) is 15.7. The molecule has 0 amide bonds. The van der Waals surface area contributed by atoms with Crippen molar-refractivity contribution in [1.82, 2.24) is 9.97 Å². The van der Waals surface area contributed by atoms with Crippen molar-refractivity contribution < 1.29 is 9.66 Å². The number of aromatic nitrogens is 2. The van der Waals surface area contributed by atoms with Gasteiger partial charge in [0.2, 0.25) is 5.88 Å². The van der Waals surface area contributed by atoms with E-state index in [2.05, 4.69) is 9.97 Å². The maximum Gasteiger partial charge on any atom is 0.270 e. The van der Waals surface area contributed by atoms with Crippen LogP contribution in [0, 0.1) is 10.1 Å². The van der Waals surface area contributed by atoms with Crippen molar-refractivity contribution in [2.45, 2.75) is 6.61 Å². The molecule has 0 aliphatic heterocycles.